The normalized spacial score (nSPS) is 61.3. The number of rotatable bonds is 0. The van der Waals surface area contributed by atoms with Crippen LogP contribution in [0.5, 0.6) is 0 Å². The van der Waals surface area contributed by atoms with Crippen molar-refractivity contribution in [3.8, 4) is 0 Å². The maximum Gasteiger partial charge on any atom is 0.106 e. The molecule has 4 aliphatic rings. The molecule has 0 unspecified atom stereocenters. The molecule has 0 aliphatic heterocycles. The van der Waals surface area contributed by atoms with E-state index in [-0.39, 0.29) is 10.8 Å². The van der Waals surface area contributed by atoms with Crippen LogP contribution in [-0.4, -0.2) is 32.6 Å². The largest absolute Gasteiger partial charge is 0.390 e. The first-order valence-electron chi connectivity index (χ1n) is 6.67. The van der Waals surface area contributed by atoms with Gasteiger partial charge in [0.05, 0.1) is 11.7 Å². The van der Waals surface area contributed by atoms with Crippen molar-refractivity contribution in [2.45, 2.75) is 68.7 Å². The second-order valence-electron chi connectivity index (χ2n) is 6.57. The number of hydrogen-bond donors (Lipinski definition) is 3. The van der Waals surface area contributed by atoms with E-state index in [2.05, 4.69) is 0 Å². The molecule has 0 bridgehead atoms. The quantitative estimate of drug-likeness (QED) is 0.574. The average Bonchev–Trinajstić information content (AvgIpc) is 2.71. The van der Waals surface area contributed by atoms with Crippen molar-refractivity contribution in [3.63, 3.8) is 0 Å². The van der Waals surface area contributed by atoms with E-state index >= 15 is 0 Å². The Balaban J connectivity index is 1.83. The van der Waals surface area contributed by atoms with Gasteiger partial charge in [0.15, 0.2) is 0 Å². The fourth-order valence-corrected chi connectivity index (χ4v) is 5.98. The van der Waals surface area contributed by atoms with Gasteiger partial charge in [0, 0.05) is 17.3 Å². The minimum Gasteiger partial charge on any atom is -0.390 e. The molecule has 3 nitrogen and oxygen atoms in total. The molecule has 0 saturated heterocycles. The summed E-state index contributed by atoms with van der Waals surface area (Å²) in [5.74, 6) is 0. The topological polar surface area (TPSA) is 60.7 Å². The molecule has 3 heteroatoms. The summed E-state index contributed by atoms with van der Waals surface area (Å²) in [6.07, 6.45) is 6.92. The van der Waals surface area contributed by atoms with Crippen LogP contribution >= 0.6 is 0 Å². The smallest absolute Gasteiger partial charge is 0.106 e. The minimum atomic E-state index is -0.951. The maximum absolute atomic E-state index is 10.8. The fraction of sp³-hybridized carbons (Fsp3) is 1.00. The summed E-state index contributed by atoms with van der Waals surface area (Å²) in [7, 11) is 0. The molecule has 4 fully saturated rings. The maximum atomic E-state index is 10.8. The van der Waals surface area contributed by atoms with E-state index in [4.69, 9.17) is 0 Å². The molecule has 4 rings (SSSR count). The van der Waals surface area contributed by atoms with Crippen LogP contribution in [0.1, 0.15) is 51.4 Å². The Morgan fingerprint density at radius 3 is 2.06 bits per heavy atom. The first-order chi connectivity index (χ1) is 7.54. The zero-order valence-electron chi connectivity index (χ0n) is 9.58. The van der Waals surface area contributed by atoms with Crippen molar-refractivity contribution in [1.82, 2.24) is 0 Å². The van der Waals surface area contributed by atoms with E-state index in [1.165, 1.54) is 6.42 Å². The molecular formula is C13H20O3. The van der Waals surface area contributed by atoms with E-state index < -0.39 is 17.3 Å². The Bertz CT molecular complexity index is 362. The summed E-state index contributed by atoms with van der Waals surface area (Å²) < 4.78 is 0. The molecule has 0 radical (unpaired) electrons. The third kappa shape index (κ3) is 0.601. The van der Waals surface area contributed by atoms with Crippen LogP contribution in [0.4, 0.5) is 0 Å². The van der Waals surface area contributed by atoms with Gasteiger partial charge in [0.25, 0.3) is 0 Å². The first kappa shape index (κ1) is 9.86. The first-order valence-corrected chi connectivity index (χ1v) is 6.67. The number of hydrogen-bond acceptors (Lipinski definition) is 3. The summed E-state index contributed by atoms with van der Waals surface area (Å²) in [6, 6.07) is 0. The van der Waals surface area contributed by atoms with E-state index in [1.807, 2.05) is 0 Å². The lowest BCUT2D eigenvalue weighted by Crippen LogP contribution is -2.51. The van der Waals surface area contributed by atoms with E-state index in [9.17, 15) is 15.3 Å². The molecule has 2 spiro atoms. The number of fused-ring (bicyclic) bond motifs is 1. The highest BCUT2D eigenvalue weighted by Crippen LogP contribution is 2.92. The standard InChI is InChI=1S/C13H20O3/c14-9-8-11(15)6-7-12(11)10(13(9,12)16)4-2-1-3-5-10/h9,14-16H,1-8H2/t9-,11+,12-,13+/m0/s1. The Kier molecular flexibility index (Phi) is 1.45. The van der Waals surface area contributed by atoms with Crippen molar-refractivity contribution < 1.29 is 15.3 Å². The van der Waals surface area contributed by atoms with E-state index in [0.717, 1.165) is 38.5 Å². The summed E-state index contributed by atoms with van der Waals surface area (Å²) >= 11 is 0. The second kappa shape index (κ2) is 2.36. The highest BCUT2D eigenvalue weighted by molar-refractivity contribution is 5.48. The fourth-order valence-electron chi connectivity index (χ4n) is 5.98. The zero-order valence-corrected chi connectivity index (χ0v) is 9.58. The molecule has 16 heavy (non-hydrogen) atoms. The van der Waals surface area contributed by atoms with Gasteiger partial charge in [0.2, 0.25) is 0 Å². The third-order valence-electron chi connectivity index (χ3n) is 6.56. The van der Waals surface area contributed by atoms with Gasteiger partial charge < -0.3 is 15.3 Å². The molecule has 0 heterocycles. The Morgan fingerprint density at radius 1 is 0.875 bits per heavy atom. The van der Waals surface area contributed by atoms with Gasteiger partial charge in [-0.2, -0.15) is 0 Å². The summed E-state index contributed by atoms with van der Waals surface area (Å²) in [5, 5.41) is 31.6. The van der Waals surface area contributed by atoms with Gasteiger partial charge in [0.1, 0.15) is 5.60 Å². The van der Waals surface area contributed by atoms with Crippen molar-refractivity contribution >= 4 is 0 Å². The molecule has 0 aromatic heterocycles. The SMILES string of the molecule is O[C@H]1C[C@]2(O)CC[C@]23C2(CCCCC2)[C@]13O. The van der Waals surface area contributed by atoms with Crippen LogP contribution in [0, 0.1) is 10.8 Å². The lowest BCUT2D eigenvalue weighted by molar-refractivity contribution is -0.135. The van der Waals surface area contributed by atoms with Crippen LogP contribution in [0.15, 0.2) is 0 Å². The zero-order chi connectivity index (χ0) is 11.2. The summed E-state index contributed by atoms with van der Waals surface area (Å²) in [6.45, 7) is 0. The predicted octanol–water partition coefficient (Wildman–Crippen LogP) is 0.958. The predicted molar refractivity (Wildman–Crippen MR) is 57.7 cm³/mol. The van der Waals surface area contributed by atoms with Crippen LogP contribution in [0.3, 0.4) is 0 Å². The van der Waals surface area contributed by atoms with Gasteiger partial charge in [-0.15, -0.1) is 0 Å². The lowest BCUT2D eigenvalue weighted by Gasteiger charge is -2.48. The van der Waals surface area contributed by atoms with Crippen LogP contribution in [0.2, 0.25) is 0 Å². The van der Waals surface area contributed by atoms with Crippen molar-refractivity contribution in [1.29, 1.82) is 0 Å². The van der Waals surface area contributed by atoms with Crippen LogP contribution < -0.4 is 0 Å². The van der Waals surface area contributed by atoms with Gasteiger partial charge in [-0.3, -0.25) is 0 Å². The second-order valence-corrected chi connectivity index (χ2v) is 6.57. The summed E-state index contributed by atoms with van der Waals surface area (Å²) in [4.78, 5) is 0. The lowest BCUT2D eigenvalue weighted by atomic mass is 9.59. The average molecular weight is 224 g/mol. The molecule has 0 amide bonds. The molecule has 4 atom stereocenters. The third-order valence-corrected chi connectivity index (χ3v) is 6.56. The molecule has 90 valence electrons. The molecule has 4 saturated carbocycles. The Morgan fingerprint density at radius 2 is 1.56 bits per heavy atom. The molecule has 3 N–H and O–H groups in total. The molecule has 0 aromatic carbocycles. The minimum absolute atomic E-state index is 0.136. The van der Waals surface area contributed by atoms with Crippen molar-refractivity contribution in [2.24, 2.45) is 10.8 Å². The monoisotopic (exact) mass is 224 g/mol. The molecular weight excluding hydrogens is 204 g/mol. The highest BCUT2D eigenvalue weighted by Gasteiger charge is 2.99. The van der Waals surface area contributed by atoms with Gasteiger partial charge in [-0.25, -0.2) is 0 Å². The molecule has 4 aliphatic carbocycles. The van der Waals surface area contributed by atoms with Crippen molar-refractivity contribution in [3.05, 3.63) is 0 Å². The van der Waals surface area contributed by atoms with Gasteiger partial charge in [-0.05, 0) is 25.7 Å². The van der Waals surface area contributed by atoms with Gasteiger partial charge in [-0.1, -0.05) is 19.3 Å². The highest BCUT2D eigenvalue weighted by atomic mass is 16.4. The molecule has 0 aromatic rings. The number of aliphatic hydroxyl groups is 3. The van der Waals surface area contributed by atoms with Gasteiger partial charge >= 0.3 is 0 Å². The Labute approximate surface area is 95.5 Å². The van der Waals surface area contributed by atoms with Crippen LogP contribution in [0.25, 0.3) is 0 Å². The van der Waals surface area contributed by atoms with E-state index in [0.29, 0.717) is 6.42 Å². The van der Waals surface area contributed by atoms with Crippen LogP contribution in [-0.2, 0) is 0 Å². The summed E-state index contributed by atoms with van der Waals surface area (Å²) in [5.41, 5.74) is -2.16. The number of aliphatic hydroxyl groups excluding tert-OH is 1. The Hall–Kier alpha value is -0.120. The van der Waals surface area contributed by atoms with Crippen molar-refractivity contribution in [2.75, 3.05) is 0 Å². The van der Waals surface area contributed by atoms with E-state index in [1.54, 1.807) is 0 Å².